The normalized spacial score (nSPS) is 14.3. The molecule has 1 aromatic heterocycles. The SMILES string of the molecule is O=C(Cc1cc(F)cc(F)c1)C1=Nc2cc3c(cc2C1)CN=C3c1ccncc1. The molecule has 3 aromatic rings. The van der Waals surface area contributed by atoms with Gasteiger partial charge in [0, 0.05) is 42.4 Å². The monoisotopic (exact) mass is 387 g/mol. The Balaban J connectivity index is 1.41. The molecule has 2 aromatic carbocycles. The number of halogens is 2. The molecule has 0 bridgehead atoms. The standard InChI is InChI=1S/C23H15F2N3O/c24-17-5-13(6-18(25)10-17)7-22(29)21-9-15-8-16-12-27-23(14-1-3-26-4-2-14)19(16)11-20(15)28-21/h1-6,8,10-11H,7,9,12H2. The van der Waals surface area contributed by atoms with Gasteiger partial charge in [0.1, 0.15) is 11.6 Å². The lowest BCUT2D eigenvalue weighted by atomic mass is 9.96. The Morgan fingerprint density at radius 2 is 1.72 bits per heavy atom. The van der Waals surface area contributed by atoms with Crippen LogP contribution in [0.3, 0.4) is 0 Å². The molecule has 0 unspecified atom stereocenters. The number of rotatable bonds is 4. The van der Waals surface area contributed by atoms with Crippen LogP contribution in [0.5, 0.6) is 0 Å². The average Bonchev–Trinajstić information content (AvgIpc) is 3.29. The first-order chi connectivity index (χ1) is 14.1. The Bertz CT molecular complexity index is 1200. The minimum Gasteiger partial charge on any atom is -0.292 e. The van der Waals surface area contributed by atoms with Crippen molar-refractivity contribution in [3.05, 3.63) is 94.3 Å². The molecule has 0 spiro atoms. The van der Waals surface area contributed by atoms with Gasteiger partial charge in [-0.25, -0.2) is 13.8 Å². The average molecular weight is 387 g/mol. The van der Waals surface area contributed by atoms with Crippen LogP contribution >= 0.6 is 0 Å². The Morgan fingerprint density at radius 3 is 2.48 bits per heavy atom. The molecule has 0 N–H and O–H groups in total. The molecule has 4 nitrogen and oxygen atoms in total. The van der Waals surface area contributed by atoms with Crippen molar-refractivity contribution in [2.45, 2.75) is 19.4 Å². The Kier molecular flexibility index (Phi) is 4.12. The third-order valence-electron chi connectivity index (χ3n) is 5.14. The molecule has 142 valence electrons. The lowest BCUT2D eigenvalue weighted by Crippen LogP contribution is -2.16. The van der Waals surface area contributed by atoms with E-state index in [2.05, 4.69) is 15.0 Å². The number of pyridine rings is 1. The van der Waals surface area contributed by atoms with Crippen molar-refractivity contribution in [3.63, 3.8) is 0 Å². The van der Waals surface area contributed by atoms with Crippen molar-refractivity contribution in [2.24, 2.45) is 9.98 Å². The largest absolute Gasteiger partial charge is 0.292 e. The van der Waals surface area contributed by atoms with E-state index < -0.39 is 11.6 Å². The van der Waals surface area contributed by atoms with Crippen LogP contribution in [0.25, 0.3) is 0 Å². The Morgan fingerprint density at radius 1 is 0.966 bits per heavy atom. The third-order valence-corrected chi connectivity index (χ3v) is 5.14. The zero-order valence-electron chi connectivity index (χ0n) is 15.3. The molecule has 2 aliphatic heterocycles. The highest BCUT2D eigenvalue weighted by molar-refractivity contribution is 6.42. The summed E-state index contributed by atoms with van der Waals surface area (Å²) in [6, 6.07) is 11.0. The van der Waals surface area contributed by atoms with E-state index in [1.807, 2.05) is 24.3 Å². The second kappa shape index (κ2) is 6.81. The van der Waals surface area contributed by atoms with E-state index in [0.29, 0.717) is 24.2 Å². The summed E-state index contributed by atoms with van der Waals surface area (Å²) in [5, 5.41) is 0. The molecule has 5 rings (SSSR count). The van der Waals surface area contributed by atoms with Crippen molar-refractivity contribution in [1.82, 2.24) is 4.98 Å². The first-order valence-corrected chi connectivity index (χ1v) is 9.23. The molecular formula is C23H15F2N3O. The number of fused-ring (bicyclic) bond motifs is 2. The van der Waals surface area contributed by atoms with Crippen LogP contribution in [-0.2, 0) is 24.2 Å². The van der Waals surface area contributed by atoms with Crippen molar-refractivity contribution in [1.29, 1.82) is 0 Å². The van der Waals surface area contributed by atoms with E-state index in [-0.39, 0.29) is 12.2 Å². The van der Waals surface area contributed by atoms with Gasteiger partial charge in [0.2, 0.25) is 0 Å². The molecule has 0 saturated heterocycles. The van der Waals surface area contributed by atoms with Crippen LogP contribution in [0, 0.1) is 11.6 Å². The summed E-state index contributed by atoms with van der Waals surface area (Å²) in [5.41, 5.74) is 6.45. The van der Waals surface area contributed by atoms with Crippen molar-refractivity contribution in [3.8, 4) is 0 Å². The third kappa shape index (κ3) is 3.27. The molecule has 0 aliphatic carbocycles. The van der Waals surface area contributed by atoms with E-state index in [0.717, 1.165) is 39.7 Å². The first kappa shape index (κ1) is 17.6. The van der Waals surface area contributed by atoms with Gasteiger partial charge >= 0.3 is 0 Å². The summed E-state index contributed by atoms with van der Waals surface area (Å²) in [6.45, 7) is 0.589. The highest BCUT2D eigenvalue weighted by atomic mass is 19.1. The predicted octanol–water partition coefficient (Wildman–Crippen LogP) is 4.15. The number of Topliss-reactive ketones (excluding diaryl/α,β-unsaturated/α-hetero) is 1. The van der Waals surface area contributed by atoms with Gasteiger partial charge in [0.05, 0.1) is 23.7 Å². The fourth-order valence-electron chi connectivity index (χ4n) is 3.81. The maximum Gasteiger partial charge on any atom is 0.181 e. The number of carbonyl (C=O) groups excluding carboxylic acids is 1. The van der Waals surface area contributed by atoms with Gasteiger partial charge in [-0.05, 0) is 47.0 Å². The molecule has 0 radical (unpaired) electrons. The second-order valence-corrected chi connectivity index (χ2v) is 7.15. The predicted molar refractivity (Wildman–Crippen MR) is 106 cm³/mol. The van der Waals surface area contributed by atoms with Gasteiger partial charge < -0.3 is 0 Å². The van der Waals surface area contributed by atoms with Gasteiger partial charge in [-0.1, -0.05) is 6.07 Å². The summed E-state index contributed by atoms with van der Waals surface area (Å²) >= 11 is 0. The molecule has 0 fully saturated rings. The fourth-order valence-corrected chi connectivity index (χ4v) is 3.81. The van der Waals surface area contributed by atoms with Crippen molar-refractivity contribution in [2.75, 3.05) is 0 Å². The number of aromatic nitrogens is 1. The minimum absolute atomic E-state index is 0.0784. The van der Waals surface area contributed by atoms with Crippen LogP contribution in [0.1, 0.15) is 27.8 Å². The topological polar surface area (TPSA) is 54.7 Å². The fraction of sp³-hybridized carbons (Fsp3) is 0.130. The summed E-state index contributed by atoms with van der Waals surface area (Å²) in [6.07, 6.45) is 3.80. The van der Waals surface area contributed by atoms with Crippen LogP contribution in [0.4, 0.5) is 14.5 Å². The highest BCUT2D eigenvalue weighted by Crippen LogP contribution is 2.34. The summed E-state index contributed by atoms with van der Waals surface area (Å²) in [5.74, 6) is -1.61. The number of benzene rings is 2. The van der Waals surface area contributed by atoms with E-state index >= 15 is 0 Å². The lowest BCUT2D eigenvalue weighted by molar-refractivity contribution is -0.112. The van der Waals surface area contributed by atoms with E-state index in [4.69, 9.17) is 0 Å². The molecule has 0 saturated carbocycles. The molecule has 2 aliphatic rings. The Labute approximate surface area is 165 Å². The number of hydrogen-bond donors (Lipinski definition) is 0. The van der Waals surface area contributed by atoms with Gasteiger partial charge in [0.15, 0.2) is 5.78 Å². The molecular weight excluding hydrogens is 372 g/mol. The maximum atomic E-state index is 13.4. The smallest absolute Gasteiger partial charge is 0.181 e. The summed E-state index contributed by atoms with van der Waals surface area (Å²) in [4.78, 5) is 25.8. The zero-order chi connectivity index (χ0) is 20.0. The van der Waals surface area contributed by atoms with Crippen LogP contribution in [0.2, 0.25) is 0 Å². The van der Waals surface area contributed by atoms with Gasteiger partial charge in [-0.2, -0.15) is 0 Å². The lowest BCUT2D eigenvalue weighted by Gasteiger charge is -2.06. The zero-order valence-corrected chi connectivity index (χ0v) is 15.3. The quantitative estimate of drug-likeness (QED) is 0.675. The maximum absolute atomic E-state index is 13.4. The molecule has 0 amide bonds. The van der Waals surface area contributed by atoms with E-state index in [1.165, 1.54) is 12.1 Å². The second-order valence-electron chi connectivity index (χ2n) is 7.15. The first-order valence-electron chi connectivity index (χ1n) is 9.23. The number of ketones is 1. The van der Waals surface area contributed by atoms with Crippen LogP contribution in [0.15, 0.2) is 64.8 Å². The number of carbonyl (C=O) groups is 1. The van der Waals surface area contributed by atoms with Crippen molar-refractivity contribution >= 4 is 22.9 Å². The van der Waals surface area contributed by atoms with Crippen LogP contribution < -0.4 is 0 Å². The van der Waals surface area contributed by atoms with Gasteiger partial charge in [-0.15, -0.1) is 0 Å². The molecule has 0 atom stereocenters. The van der Waals surface area contributed by atoms with E-state index in [1.54, 1.807) is 12.4 Å². The summed E-state index contributed by atoms with van der Waals surface area (Å²) < 4.78 is 26.8. The molecule has 6 heteroatoms. The summed E-state index contributed by atoms with van der Waals surface area (Å²) in [7, 11) is 0. The van der Waals surface area contributed by atoms with E-state index in [9.17, 15) is 13.6 Å². The van der Waals surface area contributed by atoms with Crippen molar-refractivity contribution < 1.29 is 13.6 Å². The number of nitrogens with zero attached hydrogens (tertiary/aromatic N) is 3. The molecule has 29 heavy (non-hydrogen) atoms. The Hall–Kier alpha value is -3.54. The van der Waals surface area contributed by atoms with Gasteiger partial charge in [-0.3, -0.25) is 14.8 Å². The minimum atomic E-state index is -0.691. The van der Waals surface area contributed by atoms with Crippen LogP contribution in [-0.4, -0.2) is 22.2 Å². The molecule has 3 heterocycles. The number of hydrogen-bond acceptors (Lipinski definition) is 4. The van der Waals surface area contributed by atoms with Gasteiger partial charge in [0.25, 0.3) is 0 Å². The highest BCUT2D eigenvalue weighted by Gasteiger charge is 2.26. The number of aliphatic imine (C=N–C) groups is 2.